The highest BCUT2D eigenvalue weighted by Gasteiger charge is 2.45. The molecule has 0 fully saturated rings. The molecule has 6 aromatic rings. The third-order valence-electron chi connectivity index (χ3n) is 14.2. The van der Waals surface area contributed by atoms with Gasteiger partial charge in [-0.25, -0.2) is 14.6 Å². The number of nitrogens with zero attached hydrogens (tertiary/aromatic N) is 3. The van der Waals surface area contributed by atoms with E-state index in [1.54, 1.807) is 29.5 Å². The third-order valence-corrected chi connectivity index (χ3v) is 14.2. The molecule has 4 aromatic carbocycles. The van der Waals surface area contributed by atoms with E-state index in [0.717, 1.165) is 44.3 Å². The van der Waals surface area contributed by atoms with Gasteiger partial charge in [-0.15, -0.1) is 0 Å². The van der Waals surface area contributed by atoms with Gasteiger partial charge < -0.3 is 45.3 Å². The zero-order valence-electron chi connectivity index (χ0n) is 41.7. The maximum absolute atomic E-state index is 14.4. The summed E-state index contributed by atoms with van der Waals surface area (Å²) in [6.45, 7) is 4.80. The molecular formula is C57H59N7O10. The largest absolute Gasteiger partial charge is 0.458 e. The normalized spacial score (nSPS) is 15.9. The second-order valence-electron chi connectivity index (χ2n) is 19.5. The number of para-hydroxylation sites is 1. The molecule has 1 aliphatic carbocycles. The molecule has 17 nitrogen and oxygen atoms in total. The minimum atomic E-state index is -1.97. The second kappa shape index (κ2) is 21.5. The predicted octanol–water partition coefficient (Wildman–Crippen LogP) is 4.99. The first kappa shape index (κ1) is 50.7. The van der Waals surface area contributed by atoms with Crippen LogP contribution in [-0.2, 0) is 65.0 Å². The Morgan fingerprint density at radius 2 is 1.50 bits per heavy atom. The number of likely N-dealkylation sites (N-methyl/N-ethyl adjacent to an activating group) is 1. The van der Waals surface area contributed by atoms with E-state index in [1.165, 1.54) is 0 Å². The standard InChI is InChI=1S/C57H59N7O10/c1-5-57(72)44-27-48-51-41(30-64(48)53(68)43(44)32-73-55(57)70)39(40-21-13-14-22-45(40)61-51)23-24-63(4)54(69)47(25-33(2)3)62-52(67)46(26-34-15-7-6-8-16-34)60-50(66)29-58-49(65)28-59-56(71)74-31-42-37-19-11-9-17-35(37)36-18-10-12-20-38(36)42/h6-22,27,33,42,46-47,72H,5,23-26,28-32H2,1-4H3,(H,58,65)(H,59,71)(H,60,66)(H,62,67)/t46-,47-,57-/m0/s1. The number of hydrogen-bond donors (Lipinski definition) is 5. The minimum absolute atomic E-state index is 0.0141. The fourth-order valence-corrected chi connectivity index (χ4v) is 10.4. The molecule has 2 aliphatic heterocycles. The minimum Gasteiger partial charge on any atom is -0.458 e. The molecular weight excluding hydrogens is 943 g/mol. The molecule has 0 saturated heterocycles. The Bertz CT molecular complexity index is 3200. The van der Waals surface area contributed by atoms with E-state index >= 15 is 0 Å². The first-order valence-corrected chi connectivity index (χ1v) is 25.0. The number of amides is 5. The summed E-state index contributed by atoms with van der Waals surface area (Å²) < 4.78 is 12.4. The number of rotatable bonds is 18. The summed E-state index contributed by atoms with van der Waals surface area (Å²) in [6.07, 6.45) is -0.0366. The van der Waals surface area contributed by atoms with Crippen LogP contribution in [-0.4, -0.2) is 101 Å². The number of alkyl carbamates (subject to hydrolysis) is 1. The first-order valence-electron chi connectivity index (χ1n) is 25.0. The summed E-state index contributed by atoms with van der Waals surface area (Å²) in [4.78, 5) is 101. The second-order valence-corrected chi connectivity index (χ2v) is 19.5. The lowest BCUT2D eigenvalue weighted by Gasteiger charge is -2.31. The molecule has 9 rings (SSSR count). The van der Waals surface area contributed by atoms with Crippen LogP contribution in [0.5, 0.6) is 0 Å². The highest BCUT2D eigenvalue weighted by molar-refractivity contribution is 5.94. The van der Waals surface area contributed by atoms with Gasteiger partial charge in [0.05, 0.1) is 35.6 Å². The fourth-order valence-electron chi connectivity index (χ4n) is 10.4. The smallest absolute Gasteiger partial charge is 0.407 e. The van der Waals surface area contributed by atoms with Gasteiger partial charge in [-0.05, 0) is 70.7 Å². The van der Waals surface area contributed by atoms with Crippen molar-refractivity contribution < 1.29 is 43.3 Å². The number of fused-ring (bicyclic) bond motifs is 8. The lowest BCUT2D eigenvalue weighted by Crippen LogP contribution is -2.56. The van der Waals surface area contributed by atoms with Gasteiger partial charge in [0.25, 0.3) is 5.56 Å². The van der Waals surface area contributed by atoms with Crippen LogP contribution in [0.15, 0.2) is 114 Å². The number of aliphatic hydroxyl groups is 1. The number of cyclic esters (lactones) is 1. The lowest BCUT2D eigenvalue weighted by molar-refractivity contribution is -0.172. The fraction of sp³-hybridized carbons (Fsp3) is 0.333. The summed E-state index contributed by atoms with van der Waals surface area (Å²) in [7, 11) is 1.66. The van der Waals surface area contributed by atoms with Gasteiger partial charge in [-0.3, -0.25) is 24.0 Å². The Kier molecular flexibility index (Phi) is 14.7. The van der Waals surface area contributed by atoms with E-state index in [0.29, 0.717) is 29.7 Å². The van der Waals surface area contributed by atoms with E-state index in [2.05, 4.69) is 21.3 Å². The van der Waals surface area contributed by atoms with Crippen LogP contribution in [0.4, 0.5) is 4.79 Å². The van der Waals surface area contributed by atoms with Gasteiger partial charge in [0.2, 0.25) is 23.6 Å². The van der Waals surface area contributed by atoms with Gasteiger partial charge in [0.15, 0.2) is 5.60 Å². The molecule has 74 heavy (non-hydrogen) atoms. The number of hydrogen-bond acceptors (Lipinski definition) is 11. The topological polar surface area (TPSA) is 227 Å². The monoisotopic (exact) mass is 1000 g/mol. The first-order chi connectivity index (χ1) is 35.6. The van der Waals surface area contributed by atoms with Crippen LogP contribution >= 0.6 is 0 Å². The molecule has 0 bridgehead atoms. The summed E-state index contributed by atoms with van der Waals surface area (Å²) in [5.41, 5.74) is 6.44. The maximum atomic E-state index is 14.4. The van der Waals surface area contributed by atoms with Crippen molar-refractivity contribution in [2.45, 2.75) is 83.2 Å². The van der Waals surface area contributed by atoms with Crippen molar-refractivity contribution in [3.05, 3.63) is 158 Å². The molecule has 5 amide bonds. The van der Waals surface area contributed by atoms with E-state index in [4.69, 9.17) is 14.5 Å². The SMILES string of the molecule is CC[C@@]1(O)C(=O)OCc2c1cc1n(c2=O)Cc2c-1nc1ccccc1c2CCN(C)C(=O)[C@H](CC(C)C)NC(=O)[C@H](Cc1ccccc1)NC(=O)CNC(=O)CNC(=O)OCC1c2ccccc2-c2ccccc21. The van der Waals surface area contributed by atoms with Crippen LogP contribution < -0.4 is 26.8 Å². The van der Waals surface area contributed by atoms with Crippen molar-refractivity contribution in [2.24, 2.45) is 5.92 Å². The van der Waals surface area contributed by atoms with E-state index in [9.17, 15) is 38.7 Å². The van der Waals surface area contributed by atoms with Crippen molar-refractivity contribution in [1.29, 1.82) is 0 Å². The number of carbonyl (C=O) groups excluding carboxylic acids is 6. The number of ether oxygens (including phenoxy) is 2. The Hall–Kier alpha value is -8.18. The van der Waals surface area contributed by atoms with Crippen LogP contribution in [0, 0.1) is 5.92 Å². The number of aromatic nitrogens is 2. The summed E-state index contributed by atoms with van der Waals surface area (Å²) in [5, 5.41) is 22.8. The van der Waals surface area contributed by atoms with Gasteiger partial charge in [0.1, 0.15) is 31.8 Å². The molecule has 2 aromatic heterocycles. The zero-order valence-corrected chi connectivity index (χ0v) is 41.7. The molecule has 0 unspecified atom stereocenters. The van der Waals surface area contributed by atoms with E-state index in [1.807, 2.05) is 117 Å². The average molecular weight is 1000 g/mol. The molecule has 0 spiro atoms. The predicted molar refractivity (Wildman–Crippen MR) is 275 cm³/mol. The number of benzene rings is 4. The van der Waals surface area contributed by atoms with Crippen molar-refractivity contribution in [1.82, 2.24) is 35.7 Å². The van der Waals surface area contributed by atoms with Crippen molar-refractivity contribution in [3.8, 4) is 22.5 Å². The molecule has 17 heteroatoms. The van der Waals surface area contributed by atoms with Gasteiger partial charge in [0, 0.05) is 42.4 Å². The Morgan fingerprint density at radius 3 is 2.20 bits per heavy atom. The Balaban J connectivity index is 0.836. The molecule has 4 heterocycles. The zero-order chi connectivity index (χ0) is 52.3. The Labute approximate surface area is 427 Å². The summed E-state index contributed by atoms with van der Waals surface area (Å²) in [5.74, 6) is -3.24. The maximum Gasteiger partial charge on any atom is 0.407 e. The van der Waals surface area contributed by atoms with Gasteiger partial charge >= 0.3 is 12.1 Å². The molecule has 3 atom stereocenters. The van der Waals surface area contributed by atoms with Gasteiger partial charge in [-0.2, -0.15) is 0 Å². The van der Waals surface area contributed by atoms with Gasteiger partial charge in [-0.1, -0.05) is 118 Å². The lowest BCUT2D eigenvalue weighted by atomic mass is 9.86. The van der Waals surface area contributed by atoms with E-state index in [-0.39, 0.29) is 73.6 Å². The number of nitrogens with one attached hydrogen (secondary N) is 4. The third kappa shape index (κ3) is 10.2. The number of esters is 1. The molecule has 0 radical (unpaired) electrons. The van der Waals surface area contributed by atoms with Crippen LogP contribution in [0.1, 0.15) is 78.5 Å². The highest BCUT2D eigenvalue weighted by Crippen LogP contribution is 2.45. The summed E-state index contributed by atoms with van der Waals surface area (Å²) >= 11 is 0. The molecule has 5 N–H and O–H groups in total. The van der Waals surface area contributed by atoms with E-state index < -0.39 is 60.6 Å². The van der Waals surface area contributed by atoms with Crippen LogP contribution in [0.3, 0.4) is 0 Å². The van der Waals surface area contributed by atoms with Crippen molar-refractivity contribution in [2.75, 3.05) is 33.3 Å². The van der Waals surface area contributed by atoms with Crippen LogP contribution in [0.25, 0.3) is 33.4 Å². The molecule has 382 valence electrons. The average Bonchev–Trinajstić information content (AvgIpc) is 3.95. The van der Waals surface area contributed by atoms with Crippen molar-refractivity contribution >= 4 is 46.6 Å². The quantitative estimate of drug-likeness (QED) is 0.0720. The summed E-state index contributed by atoms with van der Waals surface area (Å²) in [6, 6.07) is 32.1. The molecule has 3 aliphatic rings. The molecule has 0 saturated carbocycles. The number of carbonyl (C=O) groups is 6. The van der Waals surface area contributed by atoms with Crippen molar-refractivity contribution in [3.63, 3.8) is 0 Å². The van der Waals surface area contributed by atoms with Crippen LogP contribution in [0.2, 0.25) is 0 Å². The Morgan fingerprint density at radius 1 is 0.838 bits per heavy atom. The number of pyridine rings is 2. The highest BCUT2D eigenvalue weighted by atomic mass is 16.6.